The van der Waals surface area contributed by atoms with Crippen molar-refractivity contribution in [2.75, 3.05) is 24.6 Å². The highest BCUT2D eigenvalue weighted by atomic mass is 32.2. The maximum atomic E-state index is 10.5. The summed E-state index contributed by atoms with van der Waals surface area (Å²) < 4.78 is 0. The maximum absolute atomic E-state index is 10.5. The topological polar surface area (TPSA) is 91.1 Å². The van der Waals surface area contributed by atoms with E-state index in [-0.39, 0.29) is 12.0 Å². The zero-order valence-electron chi connectivity index (χ0n) is 14.7. The quantitative estimate of drug-likeness (QED) is 0.599. The van der Waals surface area contributed by atoms with Gasteiger partial charge in [0.2, 0.25) is 0 Å². The van der Waals surface area contributed by atoms with Crippen LogP contribution in [0.4, 0.5) is 5.82 Å². The summed E-state index contributed by atoms with van der Waals surface area (Å²) in [4.78, 5) is 15.1. The number of fused-ring (bicyclic) bond motifs is 1. The van der Waals surface area contributed by atoms with Gasteiger partial charge in [-0.15, -0.1) is 11.8 Å². The molecule has 0 unspecified atom stereocenters. The minimum Gasteiger partial charge on any atom is -0.391 e. The average Bonchev–Trinajstić information content (AvgIpc) is 3.18. The number of benzene rings is 1. The largest absolute Gasteiger partial charge is 0.391 e. The van der Waals surface area contributed by atoms with Crippen LogP contribution in [-0.2, 0) is 6.54 Å². The summed E-state index contributed by atoms with van der Waals surface area (Å²) in [5, 5.41) is 10.5. The normalized spacial score (nSPS) is 20.8. The number of nitrogen functional groups attached to an aromatic ring is 1. The van der Waals surface area contributed by atoms with E-state index in [0.717, 1.165) is 35.4 Å². The van der Waals surface area contributed by atoms with Gasteiger partial charge in [-0.25, -0.2) is 9.97 Å². The lowest BCUT2D eigenvalue weighted by Gasteiger charge is -2.15. The molecule has 2 aromatic heterocycles. The van der Waals surface area contributed by atoms with E-state index in [1.807, 2.05) is 18.0 Å². The number of aromatic amines is 1. The molecule has 6 nitrogen and oxygen atoms in total. The Morgan fingerprint density at radius 1 is 1.35 bits per heavy atom. The van der Waals surface area contributed by atoms with Gasteiger partial charge in [-0.1, -0.05) is 17.7 Å². The molecule has 1 aliphatic rings. The molecule has 2 atom stereocenters. The molecule has 1 aromatic carbocycles. The highest BCUT2D eigenvalue weighted by Gasteiger charge is 2.31. The zero-order valence-corrected chi connectivity index (χ0v) is 15.5. The van der Waals surface area contributed by atoms with Crippen molar-refractivity contribution in [2.24, 2.45) is 5.92 Å². The van der Waals surface area contributed by atoms with Gasteiger partial charge in [-0.2, -0.15) is 0 Å². The second kappa shape index (κ2) is 7.26. The molecule has 1 saturated heterocycles. The molecule has 1 aliphatic heterocycles. The van der Waals surface area contributed by atoms with Crippen molar-refractivity contribution in [3.63, 3.8) is 0 Å². The number of aliphatic hydroxyl groups is 1. The van der Waals surface area contributed by atoms with E-state index in [0.29, 0.717) is 12.4 Å². The van der Waals surface area contributed by atoms with E-state index < -0.39 is 0 Å². The zero-order chi connectivity index (χ0) is 18.1. The summed E-state index contributed by atoms with van der Waals surface area (Å²) in [7, 11) is 0. The summed E-state index contributed by atoms with van der Waals surface area (Å²) in [6.07, 6.45) is 3.14. The molecule has 7 heteroatoms. The molecule has 4 N–H and O–H groups in total. The Kier molecular flexibility index (Phi) is 4.84. The van der Waals surface area contributed by atoms with Crippen LogP contribution in [0.5, 0.6) is 0 Å². The predicted molar refractivity (Wildman–Crippen MR) is 105 cm³/mol. The van der Waals surface area contributed by atoms with E-state index in [1.165, 1.54) is 16.8 Å². The molecule has 3 aromatic rings. The monoisotopic (exact) mass is 369 g/mol. The van der Waals surface area contributed by atoms with Crippen molar-refractivity contribution in [1.29, 1.82) is 0 Å². The number of thioether (sulfide) groups is 1. The molecule has 136 valence electrons. The van der Waals surface area contributed by atoms with Gasteiger partial charge in [0.15, 0.2) is 5.82 Å². The highest BCUT2D eigenvalue weighted by Crippen LogP contribution is 2.28. The summed E-state index contributed by atoms with van der Waals surface area (Å²) >= 11 is 1.82. The van der Waals surface area contributed by atoms with Crippen molar-refractivity contribution in [3.05, 3.63) is 47.9 Å². The first-order valence-corrected chi connectivity index (χ1v) is 9.75. The number of H-pyrrole nitrogens is 1. The Labute approximate surface area is 156 Å². The molecule has 0 amide bonds. The Morgan fingerprint density at radius 3 is 3.08 bits per heavy atom. The number of anilines is 1. The summed E-state index contributed by atoms with van der Waals surface area (Å²) in [5.74, 6) is 1.66. The molecule has 0 spiro atoms. The fourth-order valence-electron chi connectivity index (χ4n) is 3.52. The van der Waals surface area contributed by atoms with Crippen LogP contribution in [0.1, 0.15) is 11.1 Å². The van der Waals surface area contributed by atoms with E-state index in [2.05, 4.69) is 51.0 Å². The number of β-amino-alcohol motifs (C(OH)–C–C–N with tert-alkyl or cyclic N) is 1. The Hall–Kier alpha value is -2.09. The number of aromatic nitrogens is 3. The highest BCUT2D eigenvalue weighted by molar-refractivity contribution is 7.99. The maximum Gasteiger partial charge on any atom is 0.151 e. The third-order valence-corrected chi connectivity index (χ3v) is 6.08. The van der Waals surface area contributed by atoms with Gasteiger partial charge >= 0.3 is 0 Å². The lowest BCUT2D eigenvalue weighted by atomic mass is 10.1. The predicted octanol–water partition coefficient (Wildman–Crippen LogP) is 2.43. The molecule has 1 fully saturated rings. The first kappa shape index (κ1) is 17.3. The minimum absolute atomic E-state index is 0.269. The SMILES string of the molecule is Cc1cccc(SC[C@@H]2CN(Cc3c[nH]c4c(N)ncnc34)C[C@H]2O)c1. The second-order valence-electron chi connectivity index (χ2n) is 6.95. The number of hydrogen-bond acceptors (Lipinski definition) is 6. The number of aliphatic hydroxyl groups excluding tert-OH is 1. The molecule has 4 rings (SSSR count). The van der Waals surface area contributed by atoms with Crippen LogP contribution >= 0.6 is 11.8 Å². The number of likely N-dealkylation sites (tertiary alicyclic amines) is 1. The van der Waals surface area contributed by atoms with Gasteiger partial charge in [0, 0.05) is 48.0 Å². The van der Waals surface area contributed by atoms with Crippen molar-refractivity contribution in [2.45, 2.75) is 24.5 Å². The van der Waals surface area contributed by atoms with Crippen LogP contribution < -0.4 is 5.73 Å². The van der Waals surface area contributed by atoms with Crippen LogP contribution in [-0.4, -0.2) is 49.9 Å². The van der Waals surface area contributed by atoms with Crippen molar-refractivity contribution in [1.82, 2.24) is 19.9 Å². The van der Waals surface area contributed by atoms with Gasteiger partial charge < -0.3 is 15.8 Å². The minimum atomic E-state index is -0.294. The Morgan fingerprint density at radius 2 is 2.23 bits per heavy atom. The van der Waals surface area contributed by atoms with Crippen LogP contribution in [0.25, 0.3) is 11.0 Å². The van der Waals surface area contributed by atoms with Crippen LogP contribution in [0, 0.1) is 12.8 Å². The van der Waals surface area contributed by atoms with E-state index in [1.54, 1.807) is 0 Å². The molecular weight excluding hydrogens is 346 g/mol. The molecule has 26 heavy (non-hydrogen) atoms. The van der Waals surface area contributed by atoms with Gasteiger partial charge in [0.05, 0.1) is 11.6 Å². The van der Waals surface area contributed by atoms with Crippen LogP contribution in [0.2, 0.25) is 0 Å². The third-order valence-electron chi connectivity index (χ3n) is 4.90. The summed E-state index contributed by atoms with van der Waals surface area (Å²) in [6.45, 7) is 4.42. The molecular formula is C19H23N5OS. The molecule has 3 heterocycles. The van der Waals surface area contributed by atoms with E-state index in [9.17, 15) is 5.11 Å². The third kappa shape index (κ3) is 3.56. The summed E-state index contributed by atoms with van der Waals surface area (Å²) in [5.41, 5.74) is 9.90. The lowest BCUT2D eigenvalue weighted by molar-refractivity contribution is 0.149. The number of nitrogens with zero attached hydrogens (tertiary/aromatic N) is 3. The van der Waals surface area contributed by atoms with Crippen molar-refractivity contribution >= 4 is 28.6 Å². The second-order valence-corrected chi connectivity index (χ2v) is 8.04. The molecule has 0 aliphatic carbocycles. The summed E-state index contributed by atoms with van der Waals surface area (Å²) in [6, 6.07) is 8.51. The fourth-order valence-corrected chi connectivity index (χ4v) is 4.69. The van der Waals surface area contributed by atoms with Gasteiger partial charge in [0.1, 0.15) is 11.8 Å². The molecule has 0 bridgehead atoms. The molecule has 0 radical (unpaired) electrons. The van der Waals surface area contributed by atoms with Gasteiger partial charge in [-0.05, 0) is 19.1 Å². The van der Waals surface area contributed by atoms with Crippen LogP contribution in [0.15, 0.2) is 41.7 Å². The van der Waals surface area contributed by atoms with Crippen molar-refractivity contribution < 1.29 is 5.11 Å². The molecule has 0 saturated carbocycles. The first-order chi connectivity index (χ1) is 12.6. The smallest absolute Gasteiger partial charge is 0.151 e. The van der Waals surface area contributed by atoms with Gasteiger partial charge in [-0.3, -0.25) is 4.90 Å². The number of hydrogen-bond donors (Lipinski definition) is 3. The van der Waals surface area contributed by atoms with E-state index in [4.69, 9.17) is 5.73 Å². The Bertz CT molecular complexity index is 912. The number of nitrogens with one attached hydrogen (secondary N) is 1. The average molecular weight is 369 g/mol. The van der Waals surface area contributed by atoms with E-state index >= 15 is 0 Å². The van der Waals surface area contributed by atoms with Crippen LogP contribution in [0.3, 0.4) is 0 Å². The first-order valence-electron chi connectivity index (χ1n) is 8.76. The fraction of sp³-hybridized carbons (Fsp3) is 0.368. The number of aryl methyl sites for hydroxylation is 1. The Balaban J connectivity index is 1.39. The number of rotatable bonds is 5. The standard InChI is InChI=1S/C19H23N5OS/c1-12-3-2-4-15(5-12)26-10-14-8-24(9-16(14)25)7-13-6-21-18-17(13)22-11-23-19(18)20/h2-6,11,14,16,21,25H,7-10H2,1H3,(H2,20,22,23)/t14-,16+/m0/s1. The lowest BCUT2D eigenvalue weighted by Crippen LogP contribution is -2.21. The van der Waals surface area contributed by atoms with Crippen molar-refractivity contribution in [3.8, 4) is 0 Å². The number of nitrogens with two attached hydrogens (primary N) is 1. The van der Waals surface area contributed by atoms with Gasteiger partial charge in [0.25, 0.3) is 0 Å².